The molecule has 0 saturated carbocycles. The Morgan fingerprint density at radius 2 is 2.39 bits per heavy atom. The van der Waals surface area contributed by atoms with Gasteiger partial charge in [-0.1, -0.05) is 11.6 Å². The van der Waals surface area contributed by atoms with Crippen molar-refractivity contribution in [1.29, 1.82) is 0 Å². The monoisotopic (exact) mass is 281 g/mol. The molecule has 94 valence electrons. The van der Waals surface area contributed by atoms with Crippen LogP contribution in [-0.2, 0) is 0 Å². The molecule has 1 amide bonds. The molecule has 0 radical (unpaired) electrons. The molecular formula is C12H12ClN3OS. The number of hydrogen-bond donors (Lipinski definition) is 2. The number of thiophene rings is 1. The first-order valence-electron chi connectivity index (χ1n) is 5.32. The van der Waals surface area contributed by atoms with Gasteiger partial charge in [0, 0.05) is 6.20 Å². The molecule has 0 spiro atoms. The standard InChI is InChI=1S/C12H12ClN3OS/c1-7(8-2-3-18-6-8)16-12(17)9-4-11(14)15-5-10(9)13/h2-7H,1H3,(H2,14,15)(H,16,17). The molecule has 0 fully saturated rings. The second-order valence-electron chi connectivity index (χ2n) is 3.84. The summed E-state index contributed by atoms with van der Waals surface area (Å²) in [4.78, 5) is 15.9. The topological polar surface area (TPSA) is 68.0 Å². The molecule has 6 heteroatoms. The molecule has 0 bridgehead atoms. The minimum Gasteiger partial charge on any atom is -0.384 e. The Kier molecular flexibility index (Phi) is 3.84. The molecule has 4 nitrogen and oxygen atoms in total. The van der Waals surface area contributed by atoms with Gasteiger partial charge in [-0.2, -0.15) is 11.3 Å². The summed E-state index contributed by atoms with van der Waals surface area (Å²) >= 11 is 7.51. The van der Waals surface area contributed by atoms with Crippen LogP contribution in [0.2, 0.25) is 5.02 Å². The Bertz CT molecular complexity index is 556. The van der Waals surface area contributed by atoms with E-state index in [4.69, 9.17) is 17.3 Å². The van der Waals surface area contributed by atoms with Crippen LogP contribution in [0.15, 0.2) is 29.1 Å². The van der Waals surface area contributed by atoms with E-state index in [0.717, 1.165) is 5.56 Å². The first-order chi connectivity index (χ1) is 8.58. The number of pyridine rings is 1. The summed E-state index contributed by atoms with van der Waals surface area (Å²) in [6.45, 7) is 1.92. The Balaban J connectivity index is 2.15. The van der Waals surface area contributed by atoms with Crippen LogP contribution in [0.5, 0.6) is 0 Å². The van der Waals surface area contributed by atoms with Gasteiger partial charge < -0.3 is 11.1 Å². The molecule has 18 heavy (non-hydrogen) atoms. The van der Waals surface area contributed by atoms with E-state index in [-0.39, 0.29) is 17.8 Å². The number of nitrogens with zero attached hydrogens (tertiary/aromatic N) is 1. The third kappa shape index (κ3) is 2.80. The van der Waals surface area contributed by atoms with Crippen LogP contribution in [0, 0.1) is 0 Å². The van der Waals surface area contributed by atoms with Crippen LogP contribution < -0.4 is 11.1 Å². The first kappa shape index (κ1) is 12.9. The second kappa shape index (κ2) is 5.37. The Morgan fingerprint density at radius 3 is 3.06 bits per heavy atom. The van der Waals surface area contributed by atoms with E-state index in [1.165, 1.54) is 12.3 Å². The average Bonchev–Trinajstić information content (AvgIpc) is 2.85. The molecule has 0 aliphatic heterocycles. The van der Waals surface area contributed by atoms with Crippen molar-refractivity contribution in [2.45, 2.75) is 13.0 Å². The van der Waals surface area contributed by atoms with Crippen LogP contribution in [-0.4, -0.2) is 10.9 Å². The lowest BCUT2D eigenvalue weighted by atomic mass is 10.1. The number of nitrogens with two attached hydrogens (primary N) is 1. The van der Waals surface area contributed by atoms with Gasteiger partial charge >= 0.3 is 0 Å². The number of nitrogen functional groups attached to an aromatic ring is 1. The van der Waals surface area contributed by atoms with Crippen LogP contribution in [0.4, 0.5) is 5.82 Å². The lowest BCUT2D eigenvalue weighted by Crippen LogP contribution is -2.26. The van der Waals surface area contributed by atoms with Crippen molar-refractivity contribution in [3.05, 3.63) is 45.2 Å². The predicted molar refractivity (Wildman–Crippen MR) is 73.9 cm³/mol. The number of hydrogen-bond acceptors (Lipinski definition) is 4. The summed E-state index contributed by atoms with van der Waals surface area (Å²) in [7, 11) is 0. The molecule has 0 aliphatic carbocycles. The van der Waals surface area contributed by atoms with Gasteiger partial charge in [-0.05, 0) is 35.4 Å². The van der Waals surface area contributed by atoms with Crippen molar-refractivity contribution < 1.29 is 4.79 Å². The summed E-state index contributed by atoms with van der Waals surface area (Å²) in [5.41, 5.74) is 6.94. The van der Waals surface area contributed by atoms with E-state index in [2.05, 4.69) is 10.3 Å². The van der Waals surface area contributed by atoms with E-state index in [0.29, 0.717) is 10.6 Å². The lowest BCUT2D eigenvalue weighted by Gasteiger charge is -2.13. The summed E-state index contributed by atoms with van der Waals surface area (Å²) in [6.07, 6.45) is 1.38. The highest BCUT2D eigenvalue weighted by Gasteiger charge is 2.15. The molecule has 2 heterocycles. The maximum atomic E-state index is 12.0. The van der Waals surface area contributed by atoms with Crippen LogP contribution >= 0.6 is 22.9 Å². The van der Waals surface area contributed by atoms with Crippen molar-refractivity contribution in [3.8, 4) is 0 Å². The van der Waals surface area contributed by atoms with Crippen molar-refractivity contribution in [2.24, 2.45) is 0 Å². The molecule has 2 rings (SSSR count). The normalized spacial score (nSPS) is 12.1. The fraction of sp³-hybridized carbons (Fsp3) is 0.167. The molecule has 0 saturated heterocycles. The number of amides is 1. The van der Waals surface area contributed by atoms with Gasteiger partial charge in [-0.15, -0.1) is 0 Å². The zero-order valence-electron chi connectivity index (χ0n) is 9.68. The third-order valence-electron chi connectivity index (χ3n) is 2.51. The summed E-state index contributed by atoms with van der Waals surface area (Å²) in [5.74, 6) is 0.0144. The Hall–Kier alpha value is -1.59. The number of nitrogens with one attached hydrogen (secondary N) is 1. The van der Waals surface area contributed by atoms with Gasteiger partial charge in [0.05, 0.1) is 16.6 Å². The fourth-order valence-corrected chi connectivity index (χ4v) is 2.45. The maximum absolute atomic E-state index is 12.0. The molecule has 1 atom stereocenters. The summed E-state index contributed by atoms with van der Waals surface area (Å²) in [5, 5.41) is 7.12. The van der Waals surface area contributed by atoms with Gasteiger partial charge in [-0.25, -0.2) is 4.98 Å². The quantitative estimate of drug-likeness (QED) is 0.909. The second-order valence-corrected chi connectivity index (χ2v) is 5.03. The van der Waals surface area contributed by atoms with Gasteiger partial charge in [0.25, 0.3) is 5.91 Å². The number of aromatic nitrogens is 1. The zero-order valence-corrected chi connectivity index (χ0v) is 11.3. The summed E-state index contributed by atoms with van der Waals surface area (Å²) < 4.78 is 0. The van der Waals surface area contributed by atoms with E-state index in [9.17, 15) is 4.79 Å². The average molecular weight is 282 g/mol. The highest BCUT2D eigenvalue weighted by Crippen LogP contribution is 2.19. The highest BCUT2D eigenvalue weighted by atomic mass is 35.5. The summed E-state index contributed by atoms with van der Waals surface area (Å²) in [6, 6.07) is 3.37. The Labute approximate surface area is 114 Å². The van der Waals surface area contributed by atoms with Gasteiger partial charge in [0.1, 0.15) is 5.82 Å². The minimum atomic E-state index is -0.257. The molecule has 1 unspecified atom stereocenters. The largest absolute Gasteiger partial charge is 0.384 e. The van der Waals surface area contributed by atoms with E-state index in [1.807, 2.05) is 23.8 Å². The minimum absolute atomic E-state index is 0.0748. The molecule has 2 aromatic rings. The van der Waals surface area contributed by atoms with Gasteiger partial charge in [0.15, 0.2) is 0 Å². The number of rotatable bonds is 3. The maximum Gasteiger partial charge on any atom is 0.253 e. The van der Waals surface area contributed by atoms with Crippen LogP contribution in [0.3, 0.4) is 0 Å². The number of carbonyl (C=O) groups is 1. The van der Waals surface area contributed by atoms with Crippen molar-refractivity contribution in [2.75, 3.05) is 5.73 Å². The lowest BCUT2D eigenvalue weighted by molar-refractivity contribution is 0.0940. The smallest absolute Gasteiger partial charge is 0.253 e. The van der Waals surface area contributed by atoms with Crippen molar-refractivity contribution >= 4 is 34.7 Å². The molecule has 3 N–H and O–H groups in total. The van der Waals surface area contributed by atoms with Crippen molar-refractivity contribution in [1.82, 2.24) is 10.3 Å². The van der Waals surface area contributed by atoms with Gasteiger partial charge in [0.2, 0.25) is 0 Å². The number of carbonyl (C=O) groups excluding carboxylic acids is 1. The van der Waals surface area contributed by atoms with Gasteiger partial charge in [-0.3, -0.25) is 4.79 Å². The molecule has 2 aromatic heterocycles. The predicted octanol–water partition coefficient (Wildman–Crippen LogP) is 2.87. The SMILES string of the molecule is CC(NC(=O)c1cc(N)ncc1Cl)c1ccsc1. The van der Waals surface area contributed by atoms with Crippen LogP contribution in [0.25, 0.3) is 0 Å². The number of halogens is 1. The zero-order chi connectivity index (χ0) is 13.1. The van der Waals surface area contributed by atoms with E-state index < -0.39 is 0 Å². The van der Waals surface area contributed by atoms with E-state index in [1.54, 1.807) is 11.3 Å². The fourth-order valence-electron chi connectivity index (χ4n) is 1.51. The highest BCUT2D eigenvalue weighted by molar-refractivity contribution is 7.07. The third-order valence-corrected chi connectivity index (χ3v) is 3.51. The van der Waals surface area contributed by atoms with Crippen molar-refractivity contribution in [3.63, 3.8) is 0 Å². The Morgan fingerprint density at radius 1 is 1.61 bits per heavy atom. The van der Waals surface area contributed by atoms with Crippen LogP contribution in [0.1, 0.15) is 28.9 Å². The molecule has 0 aromatic carbocycles. The number of anilines is 1. The van der Waals surface area contributed by atoms with E-state index >= 15 is 0 Å². The molecular weight excluding hydrogens is 270 g/mol. The first-order valence-corrected chi connectivity index (χ1v) is 6.64. The molecule has 0 aliphatic rings.